The molecule has 0 saturated heterocycles. The number of nitrogens with zero attached hydrogens (tertiary/aromatic N) is 1. The smallest absolute Gasteiger partial charge is 0.398 e. The summed E-state index contributed by atoms with van der Waals surface area (Å²) in [7, 11) is 0. The van der Waals surface area contributed by atoms with Crippen molar-refractivity contribution in [1.82, 2.24) is 4.98 Å². The molecule has 1 heterocycles. The Morgan fingerprint density at radius 1 is 1.27 bits per heavy atom. The Morgan fingerprint density at radius 3 is 2.46 bits per heavy atom. The number of benzene rings is 1. The standard InChI is InChI=1S/C17H19F3N4O2/c1-16(2,26)10-7-11(22)9(8-21)6-13(10)24-15(25)12-4-3-5-14(23-12)17(18,19)20/h3-8,15,21,24-26H,22H2,1-2H3. The molecule has 2 aromatic rings. The van der Waals surface area contributed by atoms with Crippen molar-refractivity contribution in [3.8, 4) is 0 Å². The van der Waals surface area contributed by atoms with Crippen LogP contribution in [0.5, 0.6) is 0 Å². The molecule has 0 aliphatic heterocycles. The molecule has 0 aliphatic rings. The van der Waals surface area contributed by atoms with E-state index < -0.39 is 23.7 Å². The lowest BCUT2D eigenvalue weighted by atomic mass is 9.94. The predicted octanol–water partition coefficient (Wildman–Crippen LogP) is 3.01. The summed E-state index contributed by atoms with van der Waals surface area (Å²) in [5.41, 5.74) is 4.20. The van der Waals surface area contributed by atoms with Gasteiger partial charge in [-0.05, 0) is 38.1 Å². The van der Waals surface area contributed by atoms with Crippen LogP contribution >= 0.6 is 0 Å². The Bertz CT molecular complexity index is 817. The predicted molar refractivity (Wildman–Crippen MR) is 91.8 cm³/mol. The third kappa shape index (κ3) is 4.30. The Balaban J connectivity index is 2.43. The number of aliphatic hydroxyl groups excluding tert-OH is 1. The molecule has 26 heavy (non-hydrogen) atoms. The molecule has 140 valence electrons. The number of nitrogens with two attached hydrogens (primary N) is 1. The molecule has 6 N–H and O–H groups in total. The summed E-state index contributed by atoms with van der Waals surface area (Å²) in [6.45, 7) is 2.98. The van der Waals surface area contributed by atoms with Crippen molar-refractivity contribution in [2.45, 2.75) is 31.9 Å². The van der Waals surface area contributed by atoms with E-state index in [0.29, 0.717) is 11.1 Å². The summed E-state index contributed by atoms with van der Waals surface area (Å²) in [5.74, 6) is 0. The van der Waals surface area contributed by atoms with Gasteiger partial charge in [-0.25, -0.2) is 4.98 Å². The van der Waals surface area contributed by atoms with E-state index in [1.54, 1.807) is 0 Å². The third-order valence-corrected chi connectivity index (χ3v) is 3.67. The fraction of sp³-hybridized carbons (Fsp3) is 0.294. The maximum atomic E-state index is 12.8. The van der Waals surface area contributed by atoms with Crippen LogP contribution in [0.25, 0.3) is 0 Å². The van der Waals surface area contributed by atoms with Gasteiger partial charge < -0.3 is 26.7 Å². The molecule has 1 aromatic heterocycles. The first-order valence-corrected chi connectivity index (χ1v) is 7.59. The van der Waals surface area contributed by atoms with Gasteiger partial charge in [-0.3, -0.25) is 0 Å². The first-order valence-electron chi connectivity index (χ1n) is 7.59. The van der Waals surface area contributed by atoms with Gasteiger partial charge in [0.15, 0.2) is 6.23 Å². The van der Waals surface area contributed by atoms with Gasteiger partial charge in [0, 0.05) is 28.7 Å². The van der Waals surface area contributed by atoms with Crippen LogP contribution in [0.2, 0.25) is 0 Å². The van der Waals surface area contributed by atoms with E-state index in [9.17, 15) is 23.4 Å². The SMILES string of the molecule is CC(C)(O)c1cc(N)c(C=N)cc1NC(O)c1cccc(C(F)(F)F)n1. The molecule has 1 atom stereocenters. The monoisotopic (exact) mass is 368 g/mol. The first kappa shape index (κ1) is 19.7. The Labute approximate surface area is 148 Å². The van der Waals surface area contributed by atoms with Crippen LogP contribution in [-0.2, 0) is 11.8 Å². The molecule has 0 saturated carbocycles. The molecule has 1 aromatic carbocycles. The van der Waals surface area contributed by atoms with Gasteiger partial charge in [-0.2, -0.15) is 13.2 Å². The number of rotatable bonds is 5. The van der Waals surface area contributed by atoms with Crippen LogP contribution in [0.4, 0.5) is 24.5 Å². The van der Waals surface area contributed by atoms with Gasteiger partial charge in [0.25, 0.3) is 0 Å². The topological polar surface area (TPSA) is 115 Å². The van der Waals surface area contributed by atoms with Crippen molar-refractivity contribution in [3.63, 3.8) is 0 Å². The fourth-order valence-corrected chi connectivity index (χ4v) is 2.37. The maximum absolute atomic E-state index is 12.8. The molecule has 0 fully saturated rings. The average molecular weight is 368 g/mol. The van der Waals surface area contributed by atoms with Crippen molar-refractivity contribution in [1.29, 1.82) is 5.41 Å². The lowest BCUT2D eigenvalue weighted by Gasteiger charge is -2.25. The minimum atomic E-state index is -4.64. The van der Waals surface area contributed by atoms with Gasteiger partial charge in [-0.1, -0.05) is 6.07 Å². The maximum Gasteiger partial charge on any atom is 0.433 e. The number of halogens is 3. The summed E-state index contributed by atoms with van der Waals surface area (Å²) in [6.07, 6.45) is -5.22. The van der Waals surface area contributed by atoms with Crippen LogP contribution in [0.15, 0.2) is 30.3 Å². The second-order valence-corrected chi connectivity index (χ2v) is 6.22. The highest BCUT2D eigenvalue weighted by atomic mass is 19.4. The Hall–Kier alpha value is -2.65. The highest BCUT2D eigenvalue weighted by molar-refractivity contribution is 5.87. The summed E-state index contributed by atoms with van der Waals surface area (Å²) in [4.78, 5) is 3.42. The van der Waals surface area contributed by atoms with Crippen LogP contribution in [0.1, 0.15) is 42.6 Å². The van der Waals surface area contributed by atoms with E-state index in [-0.39, 0.29) is 17.1 Å². The molecule has 0 aliphatic carbocycles. The zero-order chi connectivity index (χ0) is 19.7. The number of aliphatic hydroxyl groups is 2. The summed E-state index contributed by atoms with van der Waals surface area (Å²) >= 11 is 0. The molecule has 0 bridgehead atoms. The van der Waals surface area contributed by atoms with E-state index in [4.69, 9.17) is 11.1 Å². The van der Waals surface area contributed by atoms with Crippen LogP contribution in [0.3, 0.4) is 0 Å². The van der Waals surface area contributed by atoms with Crippen LogP contribution in [0, 0.1) is 5.41 Å². The largest absolute Gasteiger partial charge is 0.433 e. The van der Waals surface area contributed by atoms with E-state index in [2.05, 4.69) is 10.3 Å². The number of alkyl halides is 3. The minimum Gasteiger partial charge on any atom is -0.398 e. The number of aromatic nitrogens is 1. The molecule has 0 spiro atoms. The number of nitrogen functional groups attached to an aromatic ring is 1. The van der Waals surface area contributed by atoms with Crippen LogP contribution < -0.4 is 11.1 Å². The van der Waals surface area contributed by atoms with Crippen molar-refractivity contribution < 1.29 is 23.4 Å². The zero-order valence-corrected chi connectivity index (χ0v) is 14.1. The first-order chi connectivity index (χ1) is 11.9. The molecule has 0 amide bonds. The fourth-order valence-electron chi connectivity index (χ4n) is 2.37. The number of pyridine rings is 1. The average Bonchev–Trinajstić information content (AvgIpc) is 2.54. The van der Waals surface area contributed by atoms with Gasteiger partial charge >= 0.3 is 6.18 Å². The van der Waals surface area contributed by atoms with E-state index in [1.807, 2.05) is 0 Å². The minimum absolute atomic E-state index is 0.219. The van der Waals surface area contributed by atoms with Crippen molar-refractivity contribution in [3.05, 3.63) is 52.8 Å². The quantitative estimate of drug-likeness (QED) is 0.316. The molecule has 0 radical (unpaired) electrons. The van der Waals surface area contributed by atoms with Crippen molar-refractivity contribution in [2.75, 3.05) is 11.1 Å². The Morgan fingerprint density at radius 2 is 1.92 bits per heavy atom. The number of nitrogens with one attached hydrogen (secondary N) is 2. The van der Waals surface area contributed by atoms with Crippen molar-refractivity contribution >= 4 is 17.6 Å². The molecule has 6 nitrogen and oxygen atoms in total. The second kappa shape index (κ2) is 6.93. The van der Waals surface area contributed by atoms with Crippen molar-refractivity contribution in [2.24, 2.45) is 0 Å². The molecular weight excluding hydrogens is 349 g/mol. The van der Waals surface area contributed by atoms with Crippen LogP contribution in [-0.4, -0.2) is 21.4 Å². The lowest BCUT2D eigenvalue weighted by Crippen LogP contribution is -2.22. The third-order valence-electron chi connectivity index (χ3n) is 3.67. The van der Waals surface area contributed by atoms with Gasteiger partial charge in [0.2, 0.25) is 0 Å². The number of hydrogen-bond acceptors (Lipinski definition) is 6. The summed E-state index contributed by atoms with van der Waals surface area (Å²) in [6, 6.07) is 6.04. The van der Waals surface area contributed by atoms with Gasteiger partial charge in [0.1, 0.15) is 5.69 Å². The van der Waals surface area contributed by atoms with Gasteiger partial charge in [0.05, 0.1) is 11.3 Å². The highest BCUT2D eigenvalue weighted by Crippen LogP contribution is 2.34. The van der Waals surface area contributed by atoms with Gasteiger partial charge in [-0.15, -0.1) is 0 Å². The Kier molecular flexibility index (Phi) is 5.24. The molecule has 1 unspecified atom stereocenters. The summed E-state index contributed by atoms with van der Waals surface area (Å²) in [5, 5.41) is 30.5. The normalized spacial score (nSPS) is 13.3. The number of anilines is 2. The second-order valence-electron chi connectivity index (χ2n) is 6.22. The van der Waals surface area contributed by atoms with E-state index in [0.717, 1.165) is 18.3 Å². The number of hydrogen-bond donors (Lipinski definition) is 5. The molecule has 9 heteroatoms. The van der Waals surface area contributed by atoms with E-state index in [1.165, 1.54) is 32.0 Å². The zero-order valence-electron chi connectivity index (χ0n) is 14.1. The molecular formula is C17H19F3N4O2. The lowest BCUT2D eigenvalue weighted by molar-refractivity contribution is -0.141. The summed E-state index contributed by atoms with van der Waals surface area (Å²) < 4.78 is 38.4. The molecule has 2 rings (SSSR count). The highest BCUT2D eigenvalue weighted by Gasteiger charge is 2.33. The van der Waals surface area contributed by atoms with E-state index >= 15 is 0 Å².